The Morgan fingerprint density at radius 3 is 2.68 bits per heavy atom. The lowest BCUT2D eigenvalue weighted by Gasteiger charge is -2.08. The van der Waals surface area contributed by atoms with Gasteiger partial charge in [0.25, 0.3) is 0 Å². The Morgan fingerprint density at radius 1 is 1.32 bits per heavy atom. The van der Waals surface area contributed by atoms with Crippen LogP contribution in [0.5, 0.6) is 5.75 Å². The second kappa shape index (κ2) is 7.50. The van der Waals surface area contributed by atoms with Crippen LogP contribution >= 0.6 is 0 Å². The molecule has 1 N–H and O–H groups in total. The maximum Gasteiger partial charge on any atom is 0.178 e. The van der Waals surface area contributed by atoms with Crippen LogP contribution in [0.3, 0.4) is 0 Å². The number of sulfone groups is 1. The number of ether oxygens (including phenoxy) is 1. The largest absolute Gasteiger partial charge is 0.497 e. The second-order valence-electron chi connectivity index (χ2n) is 4.95. The third-order valence-electron chi connectivity index (χ3n) is 2.72. The SMILES string of the molecule is COc1cccc(S(=O)(=O)CCCNCC(C)C)c1. The molecule has 0 radical (unpaired) electrons. The summed E-state index contributed by atoms with van der Waals surface area (Å²) in [5.41, 5.74) is 0. The van der Waals surface area contributed by atoms with E-state index >= 15 is 0 Å². The lowest BCUT2D eigenvalue weighted by Crippen LogP contribution is -2.22. The van der Waals surface area contributed by atoms with Gasteiger partial charge in [-0.05, 0) is 43.6 Å². The Morgan fingerprint density at radius 2 is 2.05 bits per heavy atom. The highest BCUT2D eigenvalue weighted by Gasteiger charge is 2.14. The lowest BCUT2D eigenvalue weighted by atomic mass is 10.2. The molecular weight excluding hydrogens is 262 g/mol. The molecule has 19 heavy (non-hydrogen) atoms. The van der Waals surface area contributed by atoms with E-state index in [0.717, 1.165) is 13.1 Å². The summed E-state index contributed by atoms with van der Waals surface area (Å²) in [6.45, 7) is 5.89. The van der Waals surface area contributed by atoms with Crippen molar-refractivity contribution in [3.05, 3.63) is 24.3 Å². The van der Waals surface area contributed by atoms with E-state index in [1.165, 1.54) is 7.11 Å². The zero-order valence-electron chi connectivity index (χ0n) is 11.8. The molecule has 0 saturated carbocycles. The summed E-state index contributed by atoms with van der Waals surface area (Å²) in [7, 11) is -1.68. The number of methoxy groups -OCH3 is 1. The van der Waals surface area contributed by atoms with Gasteiger partial charge in [0.2, 0.25) is 0 Å². The zero-order chi connectivity index (χ0) is 14.3. The van der Waals surface area contributed by atoms with Crippen LogP contribution in [-0.2, 0) is 9.84 Å². The van der Waals surface area contributed by atoms with E-state index in [-0.39, 0.29) is 5.75 Å². The van der Waals surface area contributed by atoms with Gasteiger partial charge in [0.15, 0.2) is 9.84 Å². The maximum absolute atomic E-state index is 12.1. The Bertz CT molecular complexity index is 483. The van der Waals surface area contributed by atoms with Crippen LogP contribution in [0.15, 0.2) is 29.2 Å². The first-order valence-corrected chi connectivity index (χ1v) is 8.18. The summed E-state index contributed by atoms with van der Waals surface area (Å²) in [4.78, 5) is 0.329. The van der Waals surface area contributed by atoms with Crippen molar-refractivity contribution in [2.24, 2.45) is 5.92 Å². The predicted octanol–water partition coefficient (Wildman–Crippen LogP) is 2.10. The molecule has 0 amide bonds. The van der Waals surface area contributed by atoms with Crippen LogP contribution in [0.4, 0.5) is 0 Å². The Labute approximate surface area is 116 Å². The van der Waals surface area contributed by atoms with Crippen molar-refractivity contribution in [2.75, 3.05) is 26.0 Å². The minimum atomic E-state index is -3.21. The second-order valence-corrected chi connectivity index (χ2v) is 7.06. The normalized spacial score (nSPS) is 11.8. The highest BCUT2D eigenvalue weighted by atomic mass is 32.2. The van der Waals surface area contributed by atoms with Crippen molar-refractivity contribution in [2.45, 2.75) is 25.2 Å². The number of hydrogen-bond acceptors (Lipinski definition) is 4. The van der Waals surface area contributed by atoms with Gasteiger partial charge < -0.3 is 10.1 Å². The molecule has 0 atom stereocenters. The van der Waals surface area contributed by atoms with E-state index < -0.39 is 9.84 Å². The summed E-state index contributed by atoms with van der Waals surface area (Å²) in [6, 6.07) is 6.61. The van der Waals surface area contributed by atoms with Gasteiger partial charge in [0, 0.05) is 0 Å². The minimum absolute atomic E-state index is 0.158. The fraction of sp³-hybridized carbons (Fsp3) is 0.571. The van der Waals surface area contributed by atoms with Crippen LogP contribution in [0.1, 0.15) is 20.3 Å². The molecule has 1 aromatic carbocycles. The summed E-state index contributed by atoms with van der Waals surface area (Å²) < 4.78 is 29.3. The standard InChI is InChI=1S/C14H23NO3S/c1-12(2)11-15-8-5-9-19(16,17)14-7-4-6-13(10-14)18-3/h4,6-7,10,12,15H,5,8-9,11H2,1-3H3. The number of benzene rings is 1. The van der Waals surface area contributed by atoms with Crippen LogP contribution in [0.2, 0.25) is 0 Å². The molecule has 0 aromatic heterocycles. The van der Waals surface area contributed by atoms with Crippen LogP contribution in [0.25, 0.3) is 0 Å². The quantitative estimate of drug-likeness (QED) is 0.743. The van der Waals surface area contributed by atoms with Crippen molar-refractivity contribution in [1.29, 1.82) is 0 Å². The third-order valence-corrected chi connectivity index (χ3v) is 4.52. The lowest BCUT2D eigenvalue weighted by molar-refractivity contribution is 0.413. The summed E-state index contributed by atoms with van der Waals surface area (Å²) in [5.74, 6) is 1.31. The van der Waals surface area contributed by atoms with E-state index in [1.807, 2.05) is 0 Å². The van der Waals surface area contributed by atoms with E-state index in [2.05, 4.69) is 19.2 Å². The van der Waals surface area contributed by atoms with Crippen molar-refractivity contribution in [3.8, 4) is 5.75 Å². The van der Waals surface area contributed by atoms with Crippen molar-refractivity contribution in [3.63, 3.8) is 0 Å². The van der Waals surface area contributed by atoms with E-state index in [1.54, 1.807) is 24.3 Å². The van der Waals surface area contributed by atoms with E-state index in [0.29, 0.717) is 23.0 Å². The molecule has 0 aliphatic heterocycles. The average Bonchev–Trinajstić information content (AvgIpc) is 2.38. The first-order valence-electron chi connectivity index (χ1n) is 6.53. The molecule has 4 nitrogen and oxygen atoms in total. The molecule has 0 aliphatic carbocycles. The van der Waals surface area contributed by atoms with E-state index in [9.17, 15) is 8.42 Å². The predicted molar refractivity (Wildman–Crippen MR) is 77.4 cm³/mol. The van der Waals surface area contributed by atoms with Crippen molar-refractivity contribution < 1.29 is 13.2 Å². The highest BCUT2D eigenvalue weighted by molar-refractivity contribution is 7.91. The smallest absolute Gasteiger partial charge is 0.178 e. The molecule has 1 aromatic rings. The van der Waals surface area contributed by atoms with E-state index in [4.69, 9.17) is 4.74 Å². The Balaban J connectivity index is 2.51. The Kier molecular flexibility index (Phi) is 6.31. The van der Waals surface area contributed by atoms with Gasteiger partial charge in [-0.3, -0.25) is 0 Å². The number of rotatable bonds is 8. The summed E-state index contributed by atoms with van der Waals surface area (Å²) in [6.07, 6.45) is 0.617. The summed E-state index contributed by atoms with van der Waals surface area (Å²) in [5, 5.41) is 3.24. The molecule has 0 aliphatic rings. The summed E-state index contributed by atoms with van der Waals surface area (Å²) >= 11 is 0. The van der Waals surface area contributed by atoms with Crippen LogP contribution < -0.4 is 10.1 Å². The first kappa shape index (κ1) is 16.0. The van der Waals surface area contributed by atoms with Crippen LogP contribution in [-0.4, -0.2) is 34.4 Å². The van der Waals surface area contributed by atoms with Crippen molar-refractivity contribution >= 4 is 9.84 Å². The topological polar surface area (TPSA) is 55.4 Å². The maximum atomic E-state index is 12.1. The fourth-order valence-corrected chi connectivity index (χ4v) is 3.03. The molecule has 5 heteroatoms. The van der Waals surface area contributed by atoms with Crippen LogP contribution in [0, 0.1) is 5.92 Å². The monoisotopic (exact) mass is 285 g/mol. The Hall–Kier alpha value is -1.07. The van der Waals surface area contributed by atoms with Gasteiger partial charge >= 0.3 is 0 Å². The van der Waals surface area contributed by atoms with Crippen molar-refractivity contribution in [1.82, 2.24) is 5.32 Å². The molecular formula is C14H23NO3S. The van der Waals surface area contributed by atoms with Gasteiger partial charge in [-0.25, -0.2) is 8.42 Å². The molecule has 0 spiro atoms. The van der Waals surface area contributed by atoms with Gasteiger partial charge in [0.1, 0.15) is 5.75 Å². The molecule has 1 rings (SSSR count). The molecule has 0 bridgehead atoms. The molecule has 108 valence electrons. The van der Waals surface area contributed by atoms with Gasteiger partial charge in [0.05, 0.1) is 17.8 Å². The minimum Gasteiger partial charge on any atom is -0.497 e. The molecule has 0 fully saturated rings. The first-order chi connectivity index (χ1) is 8.95. The van der Waals surface area contributed by atoms with Gasteiger partial charge in [-0.15, -0.1) is 0 Å². The highest BCUT2D eigenvalue weighted by Crippen LogP contribution is 2.18. The van der Waals surface area contributed by atoms with Gasteiger partial charge in [-0.2, -0.15) is 0 Å². The number of nitrogens with one attached hydrogen (secondary N) is 1. The average molecular weight is 285 g/mol. The fourth-order valence-electron chi connectivity index (χ4n) is 1.69. The zero-order valence-corrected chi connectivity index (χ0v) is 12.7. The van der Waals surface area contributed by atoms with Gasteiger partial charge in [-0.1, -0.05) is 19.9 Å². The molecule has 0 unspecified atom stereocenters. The third kappa shape index (κ3) is 5.61. The molecule has 0 saturated heterocycles. The molecule has 0 heterocycles. The number of hydrogen-bond donors (Lipinski definition) is 1.